The third-order valence-electron chi connectivity index (χ3n) is 4.64. The summed E-state index contributed by atoms with van der Waals surface area (Å²) in [7, 11) is 0. The van der Waals surface area contributed by atoms with Gasteiger partial charge in [0.2, 0.25) is 11.9 Å². The van der Waals surface area contributed by atoms with E-state index in [1.54, 1.807) is 6.92 Å². The van der Waals surface area contributed by atoms with Crippen LogP contribution < -0.4 is 4.90 Å². The van der Waals surface area contributed by atoms with E-state index in [-0.39, 0.29) is 23.9 Å². The van der Waals surface area contributed by atoms with Crippen LogP contribution in [0, 0.1) is 0 Å². The summed E-state index contributed by atoms with van der Waals surface area (Å²) in [6.07, 6.45) is 0.182. The molecule has 2 aliphatic rings. The predicted octanol–water partition coefficient (Wildman–Crippen LogP) is 2.48. The molecule has 0 aromatic carbocycles. The van der Waals surface area contributed by atoms with Gasteiger partial charge in [-0.15, -0.1) is 0 Å². The zero-order valence-electron chi connectivity index (χ0n) is 12.9. The highest BCUT2D eigenvalue weighted by Crippen LogP contribution is 2.33. The fourth-order valence-electron chi connectivity index (χ4n) is 3.67. The first kappa shape index (κ1) is 16.0. The summed E-state index contributed by atoms with van der Waals surface area (Å²) in [5.74, 6) is 0.127. The van der Waals surface area contributed by atoms with Crippen molar-refractivity contribution in [2.75, 3.05) is 18.0 Å². The van der Waals surface area contributed by atoms with Gasteiger partial charge in [0, 0.05) is 26.2 Å². The number of carbonyl (C=O) groups is 1. The Morgan fingerprint density at radius 1 is 1.22 bits per heavy atom. The maximum Gasteiger partial charge on any atom is 0.433 e. The topological polar surface area (TPSA) is 49.3 Å². The average molecular weight is 328 g/mol. The van der Waals surface area contributed by atoms with Crippen molar-refractivity contribution in [2.24, 2.45) is 0 Å². The van der Waals surface area contributed by atoms with Gasteiger partial charge in [-0.3, -0.25) is 4.79 Å². The van der Waals surface area contributed by atoms with Gasteiger partial charge in [-0.05, 0) is 31.7 Å². The Bertz CT molecular complexity index is 592. The lowest BCUT2D eigenvalue weighted by molar-refractivity contribution is -0.141. The van der Waals surface area contributed by atoms with E-state index in [1.807, 2.05) is 9.80 Å². The fraction of sp³-hybridized carbons (Fsp3) is 0.667. The molecule has 8 heteroatoms. The van der Waals surface area contributed by atoms with Crippen molar-refractivity contribution in [1.82, 2.24) is 14.9 Å². The van der Waals surface area contributed by atoms with E-state index in [1.165, 1.54) is 0 Å². The third kappa shape index (κ3) is 3.11. The van der Waals surface area contributed by atoms with Gasteiger partial charge in [0.05, 0.1) is 12.1 Å². The van der Waals surface area contributed by atoms with Gasteiger partial charge in [0.1, 0.15) is 5.69 Å². The Morgan fingerprint density at radius 2 is 1.91 bits per heavy atom. The van der Waals surface area contributed by atoms with Crippen molar-refractivity contribution in [2.45, 2.75) is 50.9 Å². The van der Waals surface area contributed by atoms with Gasteiger partial charge in [-0.25, -0.2) is 9.97 Å². The van der Waals surface area contributed by atoms with E-state index in [9.17, 15) is 18.0 Å². The van der Waals surface area contributed by atoms with Crippen LogP contribution in [-0.4, -0.2) is 45.9 Å². The number of rotatable bonds is 2. The monoisotopic (exact) mass is 328 g/mol. The molecular formula is C15H19F3N4O. The lowest BCUT2D eigenvalue weighted by Crippen LogP contribution is -2.48. The maximum absolute atomic E-state index is 12.9. The van der Waals surface area contributed by atoms with E-state index < -0.39 is 11.9 Å². The van der Waals surface area contributed by atoms with E-state index >= 15 is 0 Å². The number of alkyl halides is 3. The molecule has 2 aliphatic heterocycles. The highest BCUT2D eigenvalue weighted by atomic mass is 19.4. The van der Waals surface area contributed by atoms with Crippen molar-refractivity contribution in [1.29, 1.82) is 0 Å². The van der Waals surface area contributed by atoms with Gasteiger partial charge < -0.3 is 9.80 Å². The van der Waals surface area contributed by atoms with Gasteiger partial charge in [-0.2, -0.15) is 13.2 Å². The normalized spacial score (nSPS) is 25.2. The van der Waals surface area contributed by atoms with Crippen LogP contribution in [0.4, 0.5) is 19.1 Å². The lowest BCUT2D eigenvalue weighted by Gasteiger charge is -2.34. The fourth-order valence-corrected chi connectivity index (χ4v) is 3.67. The zero-order chi connectivity index (χ0) is 16.6. The second-order valence-corrected chi connectivity index (χ2v) is 6.06. The average Bonchev–Trinajstić information content (AvgIpc) is 3.15. The summed E-state index contributed by atoms with van der Waals surface area (Å²) in [5, 5.41) is 0. The molecule has 0 radical (unpaired) electrons. The molecule has 126 valence electrons. The van der Waals surface area contributed by atoms with Crippen LogP contribution in [0.15, 0.2) is 12.3 Å². The minimum absolute atomic E-state index is 0.00937. The first-order valence-corrected chi connectivity index (χ1v) is 7.82. The molecule has 2 fully saturated rings. The lowest BCUT2D eigenvalue weighted by atomic mass is 10.0. The summed E-state index contributed by atoms with van der Waals surface area (Å²) >= 11 is 0. The molecule has 0 saturated carbocycles. The molecule has 1 aromatic heterocycles. The van der Waals surface area contributed by atoms with Crippen LogP contribution in [0.2, 0.25) is 0 Å². The minimum atomic E-state index is -4.48. The molecule has 1 aromatic rings. The number of carbonyl (C=O) groups excluding carboxylic acids is 1. The molecule has 0 bridgehead atoms. The van der Waals surface area contributed by atoms with Crippen molar-refractivity contribution >= 4 is 11.9 Å². The number of anilines is 1. The molecule has 1 amide bonds. The summed E-state index contributed by atoms with van der Waals surface area (Å²) in [4.78, 5) is 23.2. The highest BCUT2D eigenvalue weighted by molar-refractivity contribution is 5.74. The summed E-state index contributed by atoms with van der Waals surface area (Å²) in [5.41, 5.74) is -0.928. The minimum Gasteiger partial charge on any atom is -0.338 e. The van der Waals surface area contributed by atoms with E-state index in [2.05, 4.69) is 9.97 Å². The van der Waals surface area contributed by atoms with Crippen LogP contribution in [0.25, 0.3) is 0 Å². The highest BCUT2D eigenvalue weighted by Gasteiger charge is 2.40. The Morgan fingerprint density at radius 3 is 2.61 bits per heavy atom. The first-order chi connectivity index (χ1) is 10.9. The van der Waals surface area contributed by atoms with Crippen LogP contribution in [0.1, 0.15) is 38.3 Å². The smallest absolute Gasteiger partial charge is 0.338 e. The van der Waals surface area contributed by atoms with Crippen LogP contribution >= 0.6 is 0 Å². The Kier molecular flexibility index (Phi) is 4.16. The first-order valence-electron chi connectivity index (χ1n) is 7.82. The standard InChI is InChI=1S/C15H19F3N4O/c1-10(23)21-8-2-4-11(21)12-5-3-9-22(12)14-19-7-6-13(20-14)15(16,17)18/h6-7,11-12H,2-5,8-9H2,1H3/t11-,12+/m1/s1. The van der Waals surface area contributed by atoms with Crippen molar-refractivity contribution in [3.63, 3.8) is 0 Å². The van der Waals surface area contributed by atoms with E-state index in [0.29, 0.717) is 13.1 Å². The summed E-state index contributed by atoms with van der Waals surface area (Å²) < 4.78 is 38.6. The number of nitrogens with zero attached hydrogens (tertiary/aromatic N) is 4. The van der Waals surface area contributed by atoms with Gasteiger partial charge in [0.25, 0.3) is 0 Å². The van der Waals surface area contributed by atoms with Crippen LogP contribution in [0.5, 0.6) is 0 Å². The van der Waals surface area contributed by atoms with Gasteiger partial charge in [0.15, 0.2) is 0 Å². The largest absolute Gasteiger partial charge is 0.433 e. The van der Waals surface area contributed by atoms with Crippen molar-refractivity contribution < 1.29 is 18.0 Å². The molecule has 0 spiro atoms. The molecule has 3 rings (SSSR count). The van der Waals surface area contributed by atoms with Crippen molar-refractivity contribution in [3.05, 3.63) is 18.0 Å². The molecule has 0 unspecified atom stereocenters. The second kappa shape index (κ2) is 5.98. The molecule has 3 heterocycles. The summed E-state index contributed by atoms with van der Waals surface area (Å²) in [6, 6.07) is 0.907. The molecule has 0 aliphatic carbocycles. The Labute approximate surface area is 132 Å². The van der Waals surface area contributed by atoms with Crippen molar-refractivity contribution in [3.8, 4) is 0 Å². The number of aromatic nitrogens is 2. The zero-order valence-corrected chi connectivity index (χ0v) is 12.9. The number of halogens is 3. The molecule has 2 saturated heterocycles. The predicted molar refractivity (Wildman–Crippen MR) is 77.8 cm³/mol. The molecule has 2 atom stereocenters. The Balaban J connectivity index is 1.86. The maximum atomic E-state index is 12.9. The van der Waals surface area contributed by atoms with E-state index in [4.69, 9.17) is 0 Å². The molecule has 23 heavy (non-hydrogen) atoms. The number of likely N-dealkylation sites (tertiary alicyclic amines) is 1. The number of amides is 1. The Hall–Kier alpha value is -1.86. The molecule has 5 nitrogen and oxygen atoms in total. The quantitative estimate of drug-likeness (QED) is 0.837. The molecule has 0 N–H and O–H groups in total. The number of hydrogen-bond acceptors (Lipinski definition) is 4. The SMILES string of the molecule is CC(=O)N1CCC[C@@H]1[C@@H]1CCCN1c1nccc(C(F)(F)F)n1. The second-order valence-electron chi connectivity index (χ2n) is 6.06. The van der Waals surface area contributed by atoms with Crippen LogP contribution in [0.3, 0.4) is 0 Å². The summed E-state index contributed by atoms with van der Waals surface area (Å²) in [6.45, 7) is 2.88. The number of hydrogen-bond donors (Lipinski definition) is 0. The van der Waals surface area contributed by atoms with Gasteiger partial charge >= 0.3 is 6.18 Å². The van der Waals surface area contributed by atoms with Crippen LogP contribution in [-0.2, 0) is 11.0 Å². The van der Waals surface area contributed by atoms with Gasteiger partial charge in [-0.1, -0.05) is 0 Å². The molecular weight excluding hydrogens is 309 g/mol. The third-order valence-corrected chi connectivity index (χ3v) is 4.64. The van der Waals surface area contributed by atoms with E-state index in [0.717, 1.165) is 37.9 Å².